The Morgan fingerprint density at radius 2 is 2.14 bits per heavy atom. The third kappa shape index (κ3) is 4.77. The SMILES string of the molecule is CC(CN1CCCC1)NS(=O)(=O)c1cnn(CCCN)c1. The van der Waals surface area contributed by atoms with Gasteiger partial charge >= 0.3 is 0 Å². The summed E-state index contributed by atoms with van der Waals surface area (Å²) in [5.41, 5.74) is 5.44. The van der Waals surface area contributed by atoms with Crippen LogP contribution in [-0.2, 0) is 16.6 Å². The van der Waals surface area contributed by atoms with Gasteiger partial charge < -0.3 is 10.6 Å². The highest BCUT2D eigenvalue weighted by molar-refractivity contribution is 7.89. The van der Waals surface area contributed by atoms with Gasteiger partial charge in [0.1, 0.15) is 4.90 Å². The summed E-state index contributed by atoms with van der Waals surface area (Å²) in [5, 5.41) is 4.06. The zero-order valence-electron chi connectivity index (χ0n) is 12.5. The lowest BCUT2D eigenvalue weighted by molar-refractivity contribution is 0.313. The van der Waals surface area contributed by atoms with Gasteiger partial charge in [-0.2, -0.15) is 5.10 Å². The van der Waals surface area contributed by atoms with Crippen LogP contribution in [0.4, 0.5) is 0 Å². The van der Waals surface area contributed by atoms with Gasteiger partial charge in [0.2, 0.25) is 10.0 Å². The van der Waals surface area contributed by atoms with Crippen molar-refractivity contribution < 1.29 is 8.42 Å². The van der Waals surface area contributed by atoms with Crippen LogP contribution in [0.25, 0.3) is 0 Å². The van der Waals surface area contributed by atoms with Crippen molar-refractivity contribution in [3.8, 4) is 0 Å². The number of aryl methyl sites for hydroxylation is 1. The Kier molecular flexibility index (Phi) is 5.74. The fourth-order valence-electron chi connectivity index (χ4n) is 2.58. The third-order valence-corrected chi connectivity index (χ3v) is 5.14. The Morgan fingerprint density at radius 1 is 1.43 bits per heavy atom. The van der Waals surface area contributed by atoms with Crippen LogP contribution < -0.4 is 10.5 Å². The molecule has 1 aliphatic rings. The van der Waals surface area contributed by atoms with E-state index in [2.05, 4.69) is 14.7 Å². The maximum atomic E-state index is 12.3. The largest absolute Gasteiger partial charge is 0.330 e. The van der Waals surface area contributed by atoms with Gasteiger partial charge in [-0.1, -0.05) is 0 Å². The molecule has 0 saturated carbocycles. The quantitative estimate of drug-likeness (QED) is 0.704. The van der Waals surface area contributed by atoms with Crippen LogP contribution in [0.3, 0.4) is 0 Å². The van der Waals surface area contributed by atoms with E-state index in [-0.39, 0.29) is 10.9 Å². The van der Waals surface area contributed by atoms with E-state index in [9.17, 15) is 8.42 Å². The summed E-state index contributed by atoms with van der Waals surface area (Å²) in [4.78, 5) is 2.51. The molecule has 1 aromatic rings. The molecule has 2 heterocycles. The molecule has 1 aromatic heterocycles. The number of rotatable bonds is 8. The summed E-state index contributed by atoms with van der Waals surface area (Å²) in [6.07, 6.45) is 6.13. The van der Waals surface area contributed by atoms with Crippen LogP contribution in [0.15, 0.2) is 17.3 Å². The maximum absolute atomic E-state index is 12.3. The molecule has 120 valence electrons. The minimum absolute atomic E-state index is 0.111. The summed E-state index contributed by atoms with van der Waals surface area (Å²) in [6.45, 7) is 5.96. The smallest absolute Gasteiger partial charge is 0.243 e. The molecule has 3 N–H and O–H groups in total. The van der Waals surface area contributed by atoms with E-state index in [1.165, 1.54) is 19.0 Å². The lowest BCUT2D eigenvalue weighted by atomic mass is 10.3. The van der Waals surface area contributed by atoms with Crippen molar-refractivity contribution in [3.05, 3.63) is 12.4 Å². The fourth-order valence-corrected chi connectivity index (χ4v) is 3.77. The highest BCUT2D eigenvalue weighted by atomic mass is 32.2. The Hall–Kier alpha value is -0.960. The molecule has 0 spiro atoms. The standard InChI is InChI=1S/C13H25N5O2S/c1-12(10-17-6-2-3-7-17)16-21(19,20)13-9-15-18(11-13)8-4-5-14/h9,11-12,16H,2-8,10,14H2,1H3. The second-order valence-electron chi connectivity index (χ2n) is 5.61. The van der Waals surface area contributed by atoms with Crippen molar-refractivity contribution in [2.75, 3.05) is 26.2 Å². The second kappa shape index (κ2) is 7.35. The van der Waals surface area contributed by atoms with E-state index in [0.717, 1.165) is 26.1 Å². The molecule has 7 nitrogen and oxygen atoms in total. The molecule has 2 rings (SSSR count). The van der Waals surface area contributed by atoms with Gasteiger partial charge in [-0.25, -0.2) is 13.1 Å². The number of nitrogens with two attached hydrogens (primary N) is 1. The second-order valence-corrected chi connectivity index (χ2v) is 7.33. The molecule has 21 heavy (non-hydrogen) atoms. The van der Waals surface area contributed by atoms with Gasteiger partial charge in [-0.05, 0) is 45.8 Å². The Morgan fingerprint density at radius 3 is 2.81 bits per heavy atom. The number of likely N-dealkylation sites (tertiary alicyclic amines) is 1. The molecular weight excluding hydrogens is 290 g/mol. The van der Waals surface area contributed by atoms with Crippen LogP contribution in [0.1, 0.15) is 26.2 Å². The van der Waals surface area contributed by atoms with Gasteiger partial charge in [0.05, 0.1) is 6.20 Å². The van der Waals surface area contributed by atoms with Crippen molar-refractivity contribution in [3.63, 3.8) is 0 Å². The monoisotopic (exact) mass is 315 g/mol. The normalized spacial score (nSPS) is 18.2. The van der Waals surface area contributed by atoms with Gasteiger partial charge in [-0.15, -0.1) is 0 Å². The van der Waals surface area contributed by atoms with E-state index < -0.39 is 10.0 Å². The number of hydrogen-bond acceptors (Lipinski definition) is 5. The summed E-state index contributed by atoms with van der Waals surface area (Å²) >= 11 is 0. The molecule has 1 saturated heterocycles. The van der Waals surface area contributed by atoms with Gasteiger partial charge in [0, 0.05) is 25.3 Å². The Bertz CT molecular complexity index is 537. The van der Waals surface area contributed by atoms with Crippen molar-refractivity contribution in [1.29, 1.82) is 0 Å². The number of aromatic nitrogens is 2. The van der Waals surface area contributed by atoms with Crippen molar-refractivity contribution in [1.82, 2.24) is 19.4 Å². The predicted octanol–water partition coefficient (Wildman–Crippen LogP) is -0.00550. The van der Waals surface area contributed by atoms with E-state index in [1.54, 1.807) is 10.9 Å². The highest BCUT2D eigenvalue weighted by Gasteiger charge is 2.21. The summed E-state index contributed by atoms with van der Waals surface area (Å²) in [7, 11) is -3.50. The average Bonchev–Trinajstić information content (AvgIpc) is 3.06. The minimum Gasteiger partial charge on any atom is -0.330 e. The fraction of sp³-hybridized carbons (Fsp3) is 0.769. The minimum atomic E-state index is -3.50. The molecule has 0 radical (unpaired) electrons. The Balaban J connectivity index is 1.92. The van der Waals surface area contributed by atoms with Crippen LogP contribution in [0.5, 0.6) is 0 Å². The number of hydrogen-bond donors (Lipinski definition) is 2. The molecule has 0 aliphatic carbocycles. The first-order valence-corrected chi connectivity index (χ1v) is 8.97. The molecule has 0 aromatic carbocycles. The first-order valence-electron chi connectivity index (χ1n) is 7.48. The van der Waals surface area contributed by atoms with Gasteiger partial charge in [-0.3, -0.25) is 4.68 Å². The topological polar surface area (TPSA) is 93.2 Å². The highest BCUT2D eigenvalue weighted by Crippen LogP contribution is 2.11. The predicted molar refractivity (Wildman–Crippen MR) is 81.4 cm³/mol. The zero-order valence-corrected chi connectivity index (χ0v) is 13.3. The van der Waals surface area contributed by atoms with Gasteiger partial charge in [0.15, 0.2) is 0 Å². The Labute approximate surface area is 126 Å². The molecule has 0 bridgehead atoms. The summed E-state index contributed by atoms with van der Waals surface area (Å²) in [5.74, 6) is 0. The van der Waals surface area contributed by atoms with E-state index in [1.807, 2.05) is 6.92 Å². The van der Waals surface area contributed by atoms with E-state index in [4.69, 9.17) is 5.73 Å². The first-order chi connectivity index (χ1) is 10.0. The molecule has 1 atom stereocenters. The molecule has 1 unspecified atom stereocenters. The number of nitrogens with zero attached hydrogens (tertiary/aromatic N) is 3. The summed E-state index contributed by atoms with van der Waals surface area (Å²) in [6, 6.07) is -0.111. The lowest BCUT2D eigenvalue weighted by Crippen LogP contribution is -2.40. The van der Waals surface area contributed by atoms with Crippen LogP contribution in [0, 0.1) is 0 Å². The van der Waals surface area contributed by atoms with E-state index >= 15 is 0 Å². The molecule has 1 fully saturated rings. The zero-order chi connectivity index (χ0) is 15.3. The van der Waals surface area contributed by atoms with Gasteiger partial charge in [0.25, 0.3) is 0 Å². The van der Waals surface area contributed by atoms with Crippen LogP contribution in [-0.4, -0.2) is 55.3 Å². The van der Waals surface area contributed by atoms with E-state index in [0.29, 0.717) is 13.1 Å². The number of nitrogens with one attached hydrogen (secondary N) is 1. The first kappa shape index (κ1) is 16.4. The van der Waals surface area contributed by atoms with Crippen molar-refractivity contribution in [2.24, 2.45) is 5.73 Å². The lowest BCUT2D eigenvalue weighted by Gasteiger charge is -2.20. The molecular formula is C13H25N5O2S. The van der Waals surface area contributed by atoms with Crippen molar-refractivity contribution >= 4 is 10.0 Å². The van der Waals surface area contributed by atoms with Crippen LogP contribution in [0.2, 0.25) is 0 Å². The average molecular weight is 315 g/mol. The molecule has 8 heteroatoms. The molecule has 1 aliphatic heterocycles. The maximum Gasteiger partial charge on any atom is 0.243 e. The van der Waals surface area contributed by atoms with Crippen molar-refractivity contribution in [2.45, 2.75) is 43.7 Å². The van der Waals surface area contributed by atoms with Crippen LogP contribution >= 0.6 is 0 Å². The number of sulfonamides is 1. The molecule has 0 amide bonds. The third-order valence-electron chi connectivity index (χ3n) is 3.60. The summed E-state index contributed by atoms with van der Waals surface area (Å²) < 4.78 is 28.9.